The van der Waals surface area contributed by atoms with E-state index in [2.05, 4.69) is 43.7 Å². The molecule has 7 heteroatoms. The molecule has 1 fully saturated rings. The van der Waals surface area contributed by atoms with Gasteiger partial charge in [0.2, 0.25) is 5.95 Å². The van der Waals surface area contributed by atoms with E-state index in [9.17, 15) is 0 Å². The van der Waals surface area contributed by atoms with Gasteiger partial charge in [-0.15, -0.1) is 0 Å². The summed E-state index contributed by atoms with van der Waals surface area (Å²) >= 11 is 0. The Morgan fingerprint density at radius 1 is 1.19 bits per heavy atom. The second-order valence-electron chi connectivity index (χ2n) is 6.23. The molecule has 1 aromatic carbocycles. The van der Waals surface area contributed by atoms with E-state index in [0.29, 0.717) is 5.95 Å². The second-order valence-corrected chi connectivity index (χ2v) is 6.23. The number of methoxy groups -OCH3 is 1. The van der Waals surface area contributed by atoms with Crippen molar-refractivity contribution in [2.75, 3.05) is 62.1 Å². The summed E-state index contributed by atoms with van der Waals surface area (Å²) in [6, 6.07) is 10.2. The van der Waals surface area contributed by atoms with Crippen LogP contribution in [0, 0.1) is 6.92 Å². The van der Waals surface area contributed by atoms with Gasteiger partial charge < -0.3 is 25.0 Å². The third kappa shape index (κ3) is 5.06. The first-order chi connectivity index (χ1) is 12.8. The van der Waals surface area contributed by atoms with Gasteiger partial charge in [0.05, 0.1) is 24.6 Å². The Kier molecular flexibility index (Phi) is 6.62. The van der Waals surface area contributed by atoms with Crippen molar-refractivity contribution in [2.45, 2.75) is 13.3 Å². The van der Waals surface area contributed by atoms with Gasteiger partial charge in [-0.1, -0.05) is 12.1 Å². The lowest BCUT2D eigenvalue weighted by atomic mass is 10.2. The Morgan fingerprint density at radius 2 is 2.00 bits per heavy atom. The van der Waals surface area contributed by atoms with E-state index in [0.717, 1.165) is 68.8 Å². The number of aryl methyl sites for hydroxylation is 1. The van der Waals surface area contributed by atoms with Crippen LogP contribution in [-0.2, 0) is 9.47 Å². The van der Waals surface area contributed by atoms with Gasteiger partial charge in [0.1, 0.15) is 5.82 Å². The standard InChI is InChI=1S/C19H27N5O2/c1-15-14-18(20-8-5-11-25-2)23-19(21-15)22-16-6-3-4-7-17(16)24-9-12-26-13-10-24/h3-4,6-7,14H,5,8-13H2,1-2H3,(H2,20,21,22,23). The molecule has 2 aromatic rings. The molecule has 0 aliphatic carbocycles. The van der Waals surface area contributed by atoms with Gasteiger partial charge in [0, 0.05) is 45.1 Å². The molecule has 0 saturated carbocycles. The first-order valence-corrected chi connectivity index (χ1v) is 9.03. The van der Waals surface area contributed by atoms with Crippen LogP contribution in [0.25, 0.3) is 0 Å². The number of hydrogen-bond acceptors (Lipinski definition) is 7. The summed E-state index contributed by atoms with van der Waals surface area (Å²) in [5.74, 6) is 1.42. The highest BCUT2D eigenvalue weighted by Gasteiger charge is 2.15. The average Bonchev–Trinajstić information content (AvgIpc) is 2.66. The highest BCUT2D eigenvalue weighted by atomic mass is 16.5. The van der Waals surface area contributed by atoms with Gasteiger partial charge in [-0.3, -0.25) is 0 Å². The van der Waals surface area contributed by atoms with Crippen LogP contribution in [0.5, 0.6) is 0 Å². The molecular weight excluding hydrogens is 330 g/mol. The smallest absolute Gasteiger partial charge is 0.229 e. The molecule has 7 nitrogen and oxygen atoms in total. The maximum atomic E-state index is 5.46. The van der Waals surface area contributed by atoms with E-state index in [1.54, 1.807) is 7.11 Å². The number of hydrogen-bond donors (Lipinski definition) is 2. The fourth-order valence-corrected chi connectivity index (χ4v) is 2.93. The van der Waals surface area contributed by atoms with Crippen LogP contribution in [0.3, 0.4) is 0 Å². The van der Waals surface area contributed by atoms with Crippen LogP contribution >= 0.6 is 0 Å². The zero-order valence-corrected chi connectivity index (χ0v) is 15.5. The lowest BCUT2D eigenvalue weighted by Crippen LogP contribution is -2.36. The average molecular weight is 357 g/mol. The number of para-hydroxylation sites is 2. The van der Waals surface area contributed by atoms with Gasteiger partial charge in [0.25, 0.3) is 0 Å². The van der Waals surface area contributed by atoms with Crippen LogP contribution in [-0.4, -0.2) is 56.5 Å². The number of anilines is 4. The van der Waals surface area contributed by atoms with Gasteiger partial charge in [-0.05, 0) is 25.5 Å². The molecular formula is C19H27N5O2. The number of rotatable bonds is 8. The van der Waals surface area contributed by atoms with E-state index in [1.165, 1.54) is 0 Å². The van der Waals surface area contributed by atoms with Crippen molar-refractivity contribution in [1.29, 1.82) is 0 Å². The fraction of sp³-hybridized carbons (Fsp3) is 0.474. The molecule has 140 valence electrons. The zero-order valence-electron chi connectivity index (χ0n) is 15.5. The summed E-state index contributed by atoms with van der Waals surface area (Å²) in [4.78, 5) is 11.4. The van der Waals surface area contributed by atoms with E-state index >= 15 is 0 Å². The van der Waals surface area contributed by atoms with Crippen molar-refractivity contribution < 1.29 is 9.47 Å². The topological polar surface area (TPSA) is 71.5 Å². The molecule has 0 atom stereocenters. The lowest BCUT2D eigenvalue weighted by Gasteiger charge is -2.30. The molecule has 26 heavy (non-hydrogen) atoms. The summed E-state index contributed by atoms with van der Waals surface area (Å²) in [7, 11) is 1.71. The minimum absolute atomic E-state index is 0.597. The molecule has 0 radical (unpaired) electrons. The van der Waals surface area contributed by atoms with Crippen LogP contribution in [0.15, 0.2) is 30.3 Å². The van der Waals surface area contributed by atoms with Crippen molar-refractivity contribution in [3.8, 4) is 0 Å². The maximum Gasteiger partial charge on any atom is 0.229 e. The summed E-state index contributed by atoms with van der Waals surface area (Å²) < 4.78 is 10.5. The van der Waals surface area contributed by atoms with Crippen LogP contribution < -0.4 is 15.5 Å². The molecule has 0 unspecified atom stereocenters. The van der Waals surface area contributed by atoms with Crippen LogP contribution in [0.2, 0.25) is 0 Å². The molecule has 1 saturated heterocycles. The third-order valence-electron chi connectivity index (χ3n) is 4.19. The quantitative estimate of drug-likeness (QED) is 0.704. The van der Waals surface area contributed by atoms with Crippen molar-refractivity contribution in [2.24, 2.45) is 0 Å². The number of nitrogens with one attached hydrogen (secondary N) is 2. The summed E-state index contributed by atoms with van der Waals surface area (Å²) in [6.45, 7) is 6.80. The second kappa shape index (κ2) is 9.35. The van der Waals surface area contributed by atoms with Gasteiger partial charge in [-0.2, -0.15) is 4.98 Å². The largest absolute Gasteiger partial charge is 0.385 e. The Labute approximate surface area is 154 Å². The molecule has 1 aliphatic rings. The molecule has 3 rings (SSSR count). The Bertz CT molecular complexity index is 704. The van der Waals surface area contributed by atoms with E-state index < -0.39 is 0 Å². The van der Waals surface area contributed by atoms with Crippen molar-refractivity contribution in [3.05, 3.63) is 36.0 Å². The SMILES string of the molecule is COCCCNc1cc(C)nc(Nc2ccccc2N2CCOCC2)n1. The zero-order chi connectivity index (χ0) is 18.2. The normalized spacial score (nSPS) is 14.3. The van der Waals surface area contributed by atoms with E-state index in [4.69, 9.17) is 9.47 Å². The van der Waals surface area contributed by atoms with Crippen molar-refractivity contribution in [3.63, 3.8) is 0 Å². The predicted octanol–water partition coefficient (Wildman–Crippen LogP) is 2.81. The summed E-state index contributed by atoms with van der Waals surface area (Å²) in [5.41, 5.74) is 3.07. The summed E-state index contributed by atoms with van der Waals surface area (Å²) in [6.07, 6.45) is 0.933. The van der Waals surface area contributed by atoms with Gasteiger partial charge in [-0.25, -0.2) is 4.98 Å². The highest BCUT2D eigenvalue weighted by molar-refractivity contribution is 5.73. The molecule has 1 aliphatic heterocycles. The number of nitrogens with zero attached hydrogens (tertiary/aromatic N) is 3. The molecule has 0 spiro atoms. The Hall–Kier alpha value is -2.38. The predicted molar refractivity (Wildman–Crippen MR) is 105 cm³/mol. The summed E-state index contributed by atoms with van der Waals surface area (Å²) in [5, 5.41) is 6.71. The van der Waals surface area contributed by atoms with Gasteiger partial charge in [0.15, 0.2) is 0 Å². The number of ether oxygens (including phenoxy) is 2. The van der Waals surface area contributed by atoms with E-state index in [-0.39, 0.29) is 0 Å². The highest BCUT2D eigenvalue weighted by Crippen LogP contribution is 2.28. The molecule has 2 N–H and O–H groups in total. The number of benzene rings is 1. The lowest BCUT2D eigenvalue weighted by molar-refractivity contribution is 0.123. The first-order valence-electron chi connectivity index (χ1n) is 9.03. The van der Waals surface area contributed by atoms with Crippen molar-refractivity contribution in [1.82, 2.24) is 9.97 Å². The molecule has 1 aromatic heterocycles. The van der Waals surface area contributed by atoms with Crippen molar-refractivity contribution >= 4 is 23.1 Å². The minimum atomic E-state index is 0.597. The first kappa shape index (κ1) is 18.4. The molecule has 0 amide bonds. The maximum absolute atomic E-state index is 5.46. The monoisotopic (exact) mass is 357 g/mol. The van der Waals surface area contributed by atoms with E-state index in [1.807, 2.05) is 19.1 Å². The number of aromatic nitrogens is 2. The fourth-order valence-electron chi connectivity index (χ4n) is 2.93. The Balaban J connectivity index is 1.73. The van der Waals surface area contributed by atoms with Gasteiger partial charge >= 0.3 is 0 Å². The molecule has 2 heterocycles. The Morgan fingerprint density at radius 3 is 2.81 bits per heavy atom. The third-order valence-corrected chi connectivity index (χ3v) is 4.19. The van der Waals surface area contributed by atoms with Crippen LogP contribution in [0.4, 0.5) is 23.1 Å². The molecule has 0 bridgehead atoms. The minimum Gasteiger partial charge on any atom is -0.385 e. The number of morpholine rings is 1. The van der Waals surface area contributed by atoms with Crippen LogP contribution in [0.1, 0.15) is 12.1 Å².